The zero-order valence-corrected chi connectivity index (χ0v) is 9.50. The average molecular weight is 196 g/mol. The van der Waals surface area contributed by atoms with Crippen molar-refractivity contribution in [1.82, 2.24) is 10.3 Å². The molecule has 1 unspecified atom stereocenters. The minimum Gasteiger partial charge on any atom is -0.448 e. The molecule has 1 heterocycles. The number of hydrogen-bond acceptors (Lipinski definition) is 3. The van der Waals surface area contributed by atoms with Crippen LogP contribution < -0.4 is 5.32 Å². The highest BCUT2D eigenvalue weighted by Gasteiger charge is 2.18. The Kier molecular flexibility index (Phi) is 4.14. The van der Waals surface area contributed by atoms with Gasteiger partial charge in [-0.05, 0) is 12.5 Å². The van der Waals surface area contributed by atoms with Crippen LogP contribution in [0.3, 0.4) is 0 Å². The van der Waals surface area contributed by atoms with Crippen molar-refractivity contribution in [3.8, 4) is 0 Å². The first-order chi connectivity index (χ1) is 6.66. The van der Waals surface area contributed by atoms with Crippen molar-refractivity contribution >= 4 is 0 Å². The molecular formula is C11H20N2O. The Morgan fingerprint density at radius 1 is 1.43 bits per heavy atom. The van der Waals surface area contributed by atoms with E-state index in [-0.39, 0.29) is 0 Å². The van der Waals surface area contributed by atoms with Crippen molar-refractivity contribution in [1.29, 1.82) is 0 Å². The third-order valence-electron chi connectivity index (χ3n) is 2.63. The van der Waals surface area contributed by atoms with Crippen LogP contribution in [0.2, 0.25) is 0 Å². The zero-order valence-electron chi connectivity index (χ0n) is 9.50. The molecule has 0 saturated heterocycles. The van der Waals surface area contributed by atoms with E-state index in [0.29, 0.717) is 11.8 Å². The molecule has 0 bridgehead atoms. The van der Waals surface area contributed by atoms with Crippen LogP contribution in [0.25, 0.3) is 0 Å². The summed E-state index contributed by atoms with van der Waals surface area (Å²) >= 11 is 0. The molecule has 1 rings (SSSR count). The van der Waals surface area contributed by atoms with E-state index in [0.717, 1.165) is 24.5 Å². The van der Waals surface area contributed by atoms with Crippen LogP contribution in [0.5, 0.6) is 0 Å². The molecule has 1 aromatic heterocycles. The van der Waals surface area contributed by atoms with E-state index in [1.807, 2.05) is 0 Å². The molecule has 0 radical (unpaired) electrons. The van der Waals surface area contributed by atoms with Gasteiger partial charge in [0.1, 0.15) is 5.76 Å². The van der Waals surface area contributed by atoms with E-state index in [1.54, 1.807) is 6.39 Å². The molecule has 0 aliphatic carbocycles. The van der Waals surface area contributed by atoms with E-state index in [1.165, 1.54) is 0 Å². The molecule has 1 aromatic rings. The van der Waals surface area contributed by atoms with Crippen LogP contribution in [0.1, 0.15) is 45.1 Å². The highest BCUT2D eigenvalue weighted by molar-refractivity contribution is 5.12. The molecule has 0 aliphatic rings. The molecule has 0 aliphatic heterocycles. The van der Waals surface area contributed by atoms with Gasteiger partial charge in [0, 0.05) is 12.5 Å². The molecule has 0 amide bonds. The third kappa shape index (κ3) is 2.58. The van der Waals surface area contributed by atoms with Gasteiger partial charge in [-0.1, -0.05) is 27.7 Å². The standard InChI is InChI=1S/C11H20N2O/c1-5-12-6-10-11(14-7-13-10)9(4)8(2)3/h7-9,12H,5-6H2,1-4H3. The smallest absolute Gasteiger partial charge is 0.181 e. The molecule has 80 valence electrons. The van der Waals surface area contributed by atoms with E-state index in [9.17, 15) is 0 Å². The van der Waals surface area contributed by atoms with Crippen LogP contribution in [-0.2, 0) is 6.54 Å². The second-order valence-corrected chi connectivity index (χ2v) is 3.98. The maximum Gasteiger partial charge on any atom is 0.181 e. The van der Waals surface area contributed by atoms with Crippen LogP contribution in [0.4, 0.5) is 0 Å². The van der Waals surface area contributed by atoms with E-state index < -0.39 is 0 Å². The van der Waals surface area contributed by atoms with Gasteiger partial charge in [-0.3, -0.25) is 0 Å². The molecule has 14 heavy (non-hydrogen) atoms. The number of aromatic nitrogens is 1. The maximum absolute atomic E-state index is 5.43. The summed E-state index contributed by atoms with van der Waals surface area (Å²) in [5, 5.41) is 3.26. The molecule has 1 N–H and O–H groups in total. The van der Waals surface area contributed by atoms with Gasteiger partial charge in [-0.15, -0.1) is 0 Å². The quantitative estimate of drug-likeness (QED) is 0.786. The van der Waals surface area contributed by atoms with Crippen molar-refractivity contribution in [3.05, 3.63) is 17.8 Å². The lowest BCUT2D eigenvalue weighted by atomic mass is 9.94. The van der Waals surface area contributed by atoms with Gasteiger partial charge in [-0.2, -0.15) is 0 Å². The number of hydrogen-bond donors (Lipinski definition) is 1. The van der Waals surface area contributed by atoms with Crippen molar-refractivity contribution in [3.63, 3.8) is 0 Å². The summed E-state index contributed by atoms with van der Waals surface area (Å²) in [5.74, 6) is 2.05. The Morgan fingerprint density at radius 2 is 2.14 bits per heavy atom. The summed E-state index contributed by atoms with van der Waals surface area (Å²) in [5.41, 5.74) is 1.05. The third-order valence-corrected chi connectivity index (χ3v) is 2.63. The van der Waals surface area contributed by atoms with Crippen LogP contribution in [0, 0.1) is 5.92 Å². The van der Waals surface area contributed by atoms with Gasteiger partial charge < -0.3 is 9.73 Å². The second-order valence-electron chi connectivity index (χ2n) is 3.98. The number of rotatable bonds is 5. The summed E-state index contributed by atoms with van der Waals surface area (Å²) in [7, 11) is 0. The Morgan fingerprint density at radius 3 is 2.71 bits per heavy atom. The lowest BCUT2D eigenvalue weighted by Gasteiger charge is -2.13. The lowest BCUT2D eigenvalue weighted by Crippen LogP contribution is -2.14. The molecule has 0 spiro atoms. The van der Waals surface area contributed by atoms with Crippen molar-refractivity contribution < 1.29 is 4.42 Å². The molecule has 0 fully saturated rings. The van der Waals surface area contributed by atoms with Crippen molar-refractivity contribution in [2.45, 2.75) is 40.2 Å². The summed E-state index contributed by atoms with van der Waals surface area (Å²) in [6, 6.07) is 0. The molecule has 0 aromatic carbocycles. The van der Waals surface area contributed by atoms with Crippen LogP contribution in [0.15, 0.2) is 10.8 Å². The van der Waals surface area contributed by atoms with Gasteiger partial charge in [0.25, 0.3) is 0 Å². The maximum atomic E-state index is 5.43. The van der Waals surface area contributed by atoms with Gasteiger partial charge >= 0.3 is 0 Å². The predicted octanol–water partition coefficient (Wildman–Crippen LogP) is 2.54. The van der Waals surface area contributed by atoms with Crippen molar-refractivity contribution in [2.24, 2.45) is 5.92 Å². The Bertz CT molecular complexity index is 268. The fourth-order valence-electron chi connectivity index (χ4n) is 1.33. The summed E-state index contributed by atoms with van der Waals surface area (Å²) in [4.78, 5) is 4.23. The zero-order chi connectivity index (χ0) is 10.6. The topological polar surface area (TPSA) is 38.1 Å². The number of nitrogens with zero attached hydrogens (tertiary/aromatic N) is 1. The first-order valence-electron chi connectivity index (χ1n) is 5.29. The largest absolute Gasteiger partial charge is 0.448 e. The van der Waals surface area contributed by atoms with Gasteiger partial charge in [0.05, 0.1) is 5.69 Å². The first-order valence-corrected chi connectivity index (χ1v) is 5.29. The van der Waals surface area contributed by atoms with E-state index in [4.69, 9.17) is 4.42 Å². The molecule has 3 nitrogen and oxygen atoms in total. The van der Waals surface area contributed by atoms with E-state index in [2.05, 4.69) is 38.0 Å². The summed E-state index contributed by atoms with van der Waals surface area (Å²) < 4.78 is 5.43. The molecule has 3 heteroatoms. The Balaban J connectivity index is 2.71. The molecule has 1 atom stereocenters. The normalized spacial score (nSPS) is 13.5. The fraction of sp³-hybridized carbons (Fsp3) is 0.727. The minimum absolute atomic E-state index is 0.436. The predicted molar refractivity (Wildman–Crippen MR) is 57.1 cm³/mol. The monoisotopic (exact) mass is 196 g/mol. The highest BCUT2D eigenvalue weighted by Crippen LogP contribution is 2.25. The Hall–Kier alpha value is -0.830. The minimum atomic E-state index is 0.436. The molecular weight excluding hydrogens is 176 g/mol. The highest BCUT2D eigenvalue weighted by atomic mass is 16.3. The van der Waals surface area contributed by atoms with Crippen molar-refractivity contribution in [2.75, 3.05) is 6.54 Å². The van der Waals surface area contributed by atoms with Crippen LogP contribution in [-0.4, -0.2) is 11.5 Å². The number of oxazole rings is 1. The second kappa shape index (κ2) is 5.15. The van der Waals surface area contributed by atoms with Gasteiger partial charge in [0.15, 0.2) is 6.39 Å². The SMILES string of the molecule is CCNCc1ncoc1C(C)C(C)C. The van der Waals surface area contributed by atoms with E-state index >= 15 is 0 Å². The average Bonchev–Trinajstić information content (AvgIpc) is 2.61. The first kappa shape index (κ1) is 11.2. The van der Waals surface area contributed by atoms with Gasteiger partial charge in [0.2, 0.25) is 0 Å². The lowest BCUT2D eigenvalue weighted by molar-refractivity contribution is 0.408. The van der Waals surface area contributed by atoms with Crippen LogP contribution >= 0.6 is 0 Å². The number of nitrogens with one attached hydrogen (secondary N) is 1. The molecule has 0 saturated carbocycles. The Labute approximate surface area is 85.9 Å². The summed E-state index contributed by atoms with van der Waals surface area (Å²) in [6.07, 6.45) is 1.54. The van der Waals surface area contributed by atoms with Gasteiger partial charge in [-0.25, -0.2) is 4.98 Å². The summed E-state index contributed by atoms with van der Waals surface area (Å²) in [6.45, 7) is 10.4. The fourth-order valence-corrected chi connectivity index (χ4v) is 1.33.